The maximum atomic E-state index is 12.6. The van der Waals surface area contributed by atoms with Crippen LogP contribution in [0.15, 0.2) is 47.6 Å². The van der Waals surface area contributed by atoms with Crippen molar-refractivity contribution in [2.45, 2.75) is 37.6 Å². The Morgan fingerprint density at radius 1 is 1.12 bits per heavy atom. The molecule has 1 unspecified atom stereocenters. The van der Waals surface area contributed by atoms with E-state index in [0.717, 1.165) is 11.3 Å². The maximum Gasteiger partial charge on any atom is 0.237 e. The Kier molecular flexibility index (Phi) is 8.35. The van der Waals surface area contributed by atoms with E-state index >= 15 is 0 Å². The number of anilines is 2. The smallest absolute Gasteiger partial charge is 0.237 e. The highest BCUT2D eigenvalue weighted by atomic mass is 35.5. The molecule has 0 saturated heterocycles. The Morgan fingerprint density at radius 2 is 1.82 bits per heavy atom. The molecule has 0 aliphatic rings. The molecule has 1 atom stereocenters. The van der Waals surface area contributed by atoms with E-state index in [4.69, 9.17) is 16.3 Å². The number of halogens is 1. The van der Waals surface area contributed by atoms with Gasteiger partial charge in [0.05, 0.1) is 18.3 Å². The predicted octanol–water partition coefficient (Wildman–Crippen LogP) is 4.48. The molecule has 174 valence electrons. The summed E-state index contributed by atoms with van der Waals surface area (Å²) in [5.74, 6) is 0.846. The predicted molar refractivity (Wildman–Crippen MR) is 131 cm³/mol. The summed E-state index contributed by atoms with van der Waals surface area (Å²) in [6, 6.07) is 12.5. The number of carbonyl (C=O) groups is 2. The highest BCUT2D eigenvalue weighted by Crippen LogP contribution is 2.25. The number of ether oxygens (including phenoxy) is 1. The topological polar surface area (TPSA) is 98.1 Å². The Labute approximate surface area is 202 Å². The zero-order valence-electron chi connectivity index (χ0n) is 18.9. The van der Waals surface area contributed by atoms with Crippen LogP contribution >= 0.6 is 23.4 Å². The van der Waals surface area contributed by atoms with Crippen molar-refractivity contribution >= 4 is 46.6 Å². The number of aromatic nitrogens is 3. The molecule has 33 heavy (non-hydrogen) atoms. The number of hydrogen-bond donors (Lipinski definition) is 2. The van der Waals surface area contributed by atoms with E-state index in [2.05, 4.69) is 20.8 Å². The molecule has 0 radical (unpaired) electrons. The van der Waals surface area contributed by atoms with Crippen LogP contribution in [-0.2, 0) is 23.1 Å². The largest absolute Gasteiger partial charge is 0.494 e. The van der Waals surface area contributed by atoms with Gasteiger partial charge in [-0.25, -0.2) is 0 Å². The van der Waals surface area contributed by atoms with E-state index in [1.54, 1.807) is 54.9 Å². The molecule has 0 bridgehead atoms. The Hall–Kier alpha value is -3.04. The second-order valence-corrected chi connectivity index (χ2v) is 9.07. The number of amides is 2. The normalized spacial score (nSPS) is 11.7. The van der Waals surface area contributed by atoms with Gasteiger partial charge in [-0.05, 0) is 62.7 Å². The zero-order valence-corrected chi connectivity index (χ0v) is 20.5. The zero-order chi connectivity index (χ0) is 24.0. The molecule has 8 nitrogen and oxygen atoms in total. The SMILES string of the molecule is CCOc1ccc(NC(=O)Cc2nnc(SC(C)C(=O)Nc3ccc(C)c(Cl)c3)n2C)cc1. The molecule has 2 N–H and O–H groups in total. The quantitative estimate of drug-likeness (QED) is 0.432. The molecular formula is C23H26ClN5O3S. The van der Waals surface area contributed by atoms with Crippen LogP contribution in [0, 0.1) is 6.92 Å². The number of benzene rings is 2. The van der Waals surface area contributed by atoms with Crippen LogP contribution in [0.1, 0.15) is 25.2 Å². The van der Waals surface area contributed by atoms with Crippen molar-refractivity contribution in [3.8, 4) is 5.75 Å². The Balaban J connectivity index is 1.56. The summed E-state index contributed by atoms with van der Waals surface area (Å²) in [6.07, 6.45) is 0.0553. The van der Waals surface area contributed by atoms with Gasteiger partial charge in [0.1, 0.15) is 11.6 Å². The van der Waals surface area contributed by atoms with Crippen LogP contribution in [0.5, 0.6) is 5.75 Å². The highest BCUT2D eigenvalue weighted by Gasteiger charge is 2.20. The van der Waals surface area contributed by atoms with Gasteiger partial charge in [0.2, 0.25) is 11.8 Å². The number of nitrogens with zero attached hydrogens (tertiary/aromatic N) is 3. The third-order valence-corrected chi connectivity index (χ3v) is 6.32. The van der Waals surface area contributed by atoms with Crippen LogP contribution < -0.4 is 15.4 Å². The van der Waals surface area contributed by atoms with Crippen molar-refractivity contribution in [2.75, 3.05) is 17.2 Å². The molecule has 0 fully saturated rings. The molecule has 2 amide bonds. The van der Waals surface area contributed by atoms with E-state index in [-0.39, 0.29) is 18.2 Å². The van der Waals surface area contributed by atoms with Crippen LogP contribution in [0.4, 0.5) is 11.4 Å². The van der Waals surface area contributed by atoms with Crippen molar-refractivity contribution in [3.63, 3.8) is 0 Å². The molecular weight excluding hydrogens is 462 g/mol. The molecule has 3 rings (SSSR count). The minimum Gasteiger partial charge on any atom is -0.494 e. The van der Waals surface area contributed by atoms with E-state index in [1.807, 2.05) is 19.9 Å². The molecule has 0 aliphatic heterocycles. The molecule has 0 aliphatic carbocycles. The van der Waals surface area contributed by atoms with E-state index < -0.39 is 5.25 Å². The number of nitrogens with one attached hydrogen (secondary N) is 2. The molecule has 3 aromatic rings. The lowest BCUT2D eigenvalue weighted by Gasteiger charge is -2.12. The first-order chi connectivity index (χ1) is 15.8. The highest BCUT2D eigenvalue weighted by molar-refractivity contribution is 8.00. The third-order valence-electron chi connectivity index (χ3n) is 4.78. The summed E-state index contributed by atoms with van der Waals surface area (Å²) in [5.41, 5.74) is 2.24. The molecule has 10 heteroatoms. The number of aryl methyl sites for hydroxylation is 1. The number of carbonyl (C=O) groups excluding carboxylic acids is 2. The van der Waals surface area contributed by atoms with Crippen LogP contribution in [0.2, 0.25) is 5.02 Å². The number of hydrogen-bond acceptors (Lipinski definition) is 6. The summed E-state index contributed by atoms with van der Waals surface area (Å²) < 4.78 is 7.12. The monoisotopic (exact) mass is 487 g/mol. The van der Waals surface area contributed by atoms with Gasteiger partial charge in [0, 0.05) is 23.4 Å². The van der Waals surface area contributed by atoms with Gasteiger partial charge < -0.3 is 19.9 Å². The van der Waals surface area contributed by atoms with E-state index in [0.29, 0.717) is 34.0 Å². The van der Waals surface area contributed by atoms with Gasteiger partial charge in [-0.2, -0.15) is 0 Å². The van der Waals surface area contributed by atoms with Gasteiger partial charge in [0.15, 0.2) is 5.16 Å². The Morgan fingerprint density at radius 3 is 2.48 bits per heavy atom. The lowest BCUT2D eigenvalue weighted by molar-refractivity contribution is -0.116. The van der Waals surface area contributed by atoms with Gasteiger partial charge in [0.25, 0.3) is 0 Å². The molecule has 1 heterocycles. The van der Waals surface area contributed by atoms with Gasteiger partial charge in [-0.3, -0.25) is 9.59 Å². The third kappa shape index (κ3) is 6.72. The van der Waals surface area contributed by atoms with E-state index in [9.17, 15) is 9.59 Å². The van der Waals surface area contributed by atoms with Crippen LogP contribution in [-0.4, -0.2) is 38.4 Å². The van der Waals surface area contributed by atoms with Crippen molar-refractivity contribution in [1.82, 2.24) is 14.8 Å². The fraction of sp³-hybridized carbons (Fsp3) is 0.304. The molecule has 0 saturated carbocycles. The summed E-state index contributed by atoms with van der Waals surface area (Å²) in [7, 11) is 1.77. The first-order valence-corrected chi connectivity index (χ1v) is 11.7. The van der Waals surface area contributed by atoms with Crippen LogP contribution in [0.3, 0.4) is 0 Å². The summed E-state index contributed by atoms with van der Waals surface area (Å²) >= 11 is 7.39. The first kappa shape index (κ1) is 24.6. The molecule has 1 aromatic heterocycles. The summed E-state index contributed by atoms with van der Waals surface area (Å²) in [6.45, 7) is 6.18. The minimum absolute atomic E-state index is 0.0553. The summed E-state index contributed by atoms with van der Waals surface area (Å²) in [4.78, 5) is 25.0. The van der Waals surface area contributed by atoms with Gasteiger partial charge in [-0.15, -0.1) is 10.2 Å². The van der Waals surface area contributed by atoms with Crippen molar-refractivity contribution in [1.29, 1.82) is 0 Å². The molecule has 2 aromatic carbocycles. The fourth-order valence-electron chi connectivity index (χ4n) is 2.88. The van der Waals surface area contributed by atoms with Gasteiger partial charge in [-0.1, -0.05) is 29.4 Å². The maximum absolute atomic E-state index is 12.6. The minimum atomic E-state index is -0.432. The Bertz CT molecular complexity index is 1130. The van der Waals surface area contributed by atoms with Crippen LogP contribution in [0.25, 0.3) is 0 Å². The second-order valence-electron chi connectivity index (χ2n) is 7.35. The number of thioether (sulfide) groups is 1. The summed E-state index contributed by atoms with van der Waals surface area (Å²) in [5, 5.41) is 14.6. The second kappa shape index (κ2) is 11.2. The van der Waals surface area contributed by atoms with E-state index in [1.165, 1.54) is 11.8 Å². The lowest BCUT2D eigenvalue weighted by Crippen LogP contribution is -2.23. The van der Waals surface area contributed by atoms with Crippen molar-refractivity contribution in [2.24, 2.45) is 7.05 Å². The van der Waals surface area contributed by atoms with Gasteiger partial charge >= 0.3 is 0 Å². The lowest BCUT2D eigenvalue weighted by atomic mass is 10.2. The average Bonchev–Trinajstić information content (AvgIpc) is 3.11. The standard InChI is InChI=1S/C23H26ClN5O3S/c1-5-32-18-10-8-16(9-11-18)25-21(30)13-20-27-28-23(29(20)4)33-15(3)22(31)26-17-7-6-14(2)19(24)12-17/h6-12,15H,5,13H2,1-4H3,(H,25,30)(H,26,31). The fourth-order valence-corrected chi connectivity index (χ4v) is 3.89. The average molecular weight is 488 g/mol. The number of rotatable bonds is 9. The van der Waals surface area contributed by atoms with Crippen molar-refractivity contribution in [3.05, 3.63) is 58.9 Å². The molecule has 0 spiro atoms. The first-order valence-electron chi connectivity index (χ1n) is 10.4. The van der Waals surface area contributed by atoms with Crippen molar-refractivity contribution < 1.29 is 14.3 Å².